The van der Waals surface area contributed by atoms with Gasteiger partial charge in [0.15, 0.2) is 0 Å². The van der Waals surface area contributed by atoms with Gasteiger partial charge in [-0.1, -0.05) is 15.9 Å². The molecule has 0 saturated heterocycles. The molecule has 1 aromatic rings. The number of thioether (sulfide) groups is 1. The first-order valence-corrected chi connectivity index (χ1v) is 7.50. The summed E-state index contributed by atoms with van der Waals surface area (Å²) in [5.74, 6) is 2.03. The molecule has 0 heterocycles. The Kier molecular flexibility index (Phi) is 6.24. The van der Waals surface area contributed by atoms with Gasteiger partial charge in [-0.15, -0.1) is 0 Å². The van der Waals surface area contributed by atoms with Gasteiger partial charge < -0.3 is 10.5 Å². The van der Waals surface area contributed by atoms with Crippen molar-refractivity contribution in [2.24, 2.45) is 5.73 Å². The summed E-state index contributed by atoms with van der Waals surface area (Å²) >= 11 is 5.28. The highest BCUT2D eigenvalue weighted by atomic mass is 79.9. The van der Waals surface area contributed by atoms with Crippen molar-refractivity contribution < 1.29 is 4.74 Å². The number of halogens is 1. The molecule has 1 rings (SSSR count). The Labute approximate surface area is 110 Å². The van der Waals surface area contributed by atoms with Crippen molar-refractivity contribution in [2.75, 3.05) is 18.6 Å². The molecule has 1 aromatic carbocycles. The van der Waals surface area contributed by atoms with Crippen molar-refractivity contribution in [3.8, 4) is 5.75 Å². The monoisotopic (exact) mass is 303 g/mol. The third-order valence-corrected chi connectivity index (χ3v) is 3.40. The van der Waals surface area contributed by atoms with Crippen molar-refractivity contribution in [1.82, 2.24) is 0 Å². The topological polar surface area (TPSA) is 35.2 Å². The van der Waals surface area contributed by atoms with E-state index >= 15 is 0 Å². The van der Waals surface area contributed by atoms with Crippen LogP contribution in [-0.4, -0.2) is 18.6 Å². The second kappa shape index (κ2) is 7.20. The molecular weight excluding hydrogens is 286 g/mol. The molecule has 0 aromatic heterocycles. The lowest BCUT2D eigenvalue weighted by molar-refractivity contribution is 0.314. The van der Waals surface area contributed by atoms with Gasteiger partial charge in [-0.3, -0.25) is 0 Å². The van der Waals surface area contributed by atoms with Crippen LogP contribution < -0.4 is 10.5 Å². The predicted molar refractivity (Wildman–Crippen MR) is 75.2 cm³/mol. The zero-order valence-electron chi connectivity index (χ0n) is 9.70. The van der Waals surface area contributed by atoms with Gasteiger partial charge in [-0.2, -0.15) is 11.8 Å². The molecular formula is C12H18BrNOS. The van der Waals surface area contributed by atoms with Crippen molar-refractivity contribution in [3.63, 3.8) is 0 Å². The van der Waals surface area contributed by atoms with E-state index in [0.717, 1.165) is 34.6 Å². The maximum atomic E-state index is 5.91. The lowest BCUT2D eigenvalue weighted by Crippen LogP contribution is -2.09. The lowest BCUT2D eigenvalue weighted by Gasteiger charge is -2.14. The molecule has 0 spiro atoms. The van der Waals surface area contributed by atoms with Crippen LogP contribution in [0.25, 0.3) is 0 Å². The summed E-state index contributed by atoms with van der Waals surface area (Å²) < 4.78 is 6.78. The summed E-state index contributed by atoms with van der Waals surface area (Å²) in [5, 5.41) is 0. The zero-order chi connectivity index (χ0) is 12.0. The van der Waals surface area contributed by atoms with Crippen LogP contribution in [0.1, 0.15) is 24.9 Å². The van der Waals surface area contributed by atoms with E-state index in [1.807, 2.05) is 36.9 Å². The Morgan fingerprint density at radius 1 is 1.50 bits per heavy atom. The summed E-state index contributed by atoms with van der Waals surface area (Å²) in [6, 6.07) is 5.97. The molecule has 0 bridgehead atoms. The minimum absolute atomic E-state index is 0.00644. The molecule has 2 N–H and O–H groups in total. The Morgan fingerprint density at radius 2 is 2.25 bits per heavy atom. The zero-order valence-corrected chi connectivity index (χ0v) is 12.1. The van der Waals surface area contributed by atoms with E-state index in [1.54, 1.807) is 0 Å². The van der Waals surface area contributed by atoms with Gasteiger partial charge in [-0.25, -0.2) is 0 Å². The van der Waals surface area contributed by atoms with Crippen LogP contribution in [0.2, 0.25) is 0 Å². The smallest absolute Gasteiger partial charge is 0.124 e. The van der Waals surface area contributed by atoms with Gasteiger partial charge in [0.1, 0.15) is 5.75 Å². The van der Waals surface area contributed by atoms with E-state index in [0.29, 0.717) is 0 Å². The number of hydrogen-bond acceptors (Lipinski definition) is 3. The fourth-order valence-corrected chi connectivity index (χ4v) is 2.18. The summed E-state index contributed by atoms with van der Waals surface area (Å²) in [6.07, 6.45) is 3.17. The van der Waals surface area contributed by atoms with Crippen LogP contribution in [-0.2, 0) is 0 Å². The molecule has 0 radical (unpaired) electrons. The van der Waals surface area contributed by atoms with Gasteiger partial charge in [0.25, 0.3) is 0 Å². The molecule has 0 fully saturated rings. The van der Waals surface area contributed by atoms with Crippen LogP contribution >= 0.6 is 27.7 Å². The first-order valence-electron chi connectivity index (χ1n) is 5.32. The Bertz CT molecular complexity index is 331. The molecule has 1 atom stereocenters. The minimum atomic E-state index is -0.00644. The SMILES string of the molecule is CSCCCOc1ccc(Br)cc1[C@@H](C)N. The number of rotatable bonds is 6. The third-order valence-electron chi connectivity index (χ3n) is 2.21. The van der Waals surface area contributed by atoms with E-state index in [9.17, 15) is 0 Å². The van der Waals surface area contributed by atoms with E-state index < -0.39 is 0 Å². The normalized spacial score (nSPS) is 12.5. The third kappa shape index (κ3) is 4.36. The standard InChI is InChI=1S/C12H18BrNOS/c1-9(14)11-8-10(13)4-5-12(11)15-6-3-7-16-2/h4-5,8-9H,3,6-7,14H2,1-2H3/t9-/m1/s1. The fourth-order valence-electron chi connectivity index (χ4n) is 1.39. The number of benzene rings is 1. The van der Waals surface area contributed by atoms with E-state index in [4.69, 9.17) is 10.5 Å². The molecule has 4 heteroatoms. The largest absolute Gasteiger partial charge is 0.493 e. The van der Waals surface area contributed by atoms with Gasteiger partial charge in [0.05, 0.1) is 6.61 Å². The Hall–Kier alpha value is -0.190. The Morgan fingerprint density at radius 3 is 2.88 bits per heavy atom. The predicted octanol–water partition coefficient (Wildman–Crippen LogP) is 3.60. The van der Waals surface area contributed by atoms with Gasteiger partial charge in [-0.05, 0) is 43.6 Å². The fraction of sp³-hybridized carbons (Fsp3) is 0.500. The number of ether oxygens (including phenoxy) is 1. The average molecular weight is 304 g/mol. The molecule has 0 aliphatic carbocycles. The summed E-state index contributed by atoms with van der Waals surface area (Å²) in [7, 11) is 0. The quantitative estimate of drug-likeness (QED) is 0.816. The van der Waals surface area contributed by atoms with Crippen LogP contribution in [0.3, 0.4) is 0 Å². The molecule has 90 valence electrons. The van der Waals surface area contributed by atoms with Crippen molar-refractivity contribution >= 4 is 27.7 Å². The summed E-state index contributed by atoms with van der Waals surface area (Å²) in [6.45, 7) is 2.72. The first-order chi connectivity index (χ1) is 7.65. The molecule has 0 unspecified atom stereocenters. The van der Waals surface area contributed by atoms with E-state index in [2.05, 4.69) is 22.2 Å². The molecule has 16 heavy (non-hydrogen) atoms. The van der Waals surface area contributed by atoms with Crippen LogP contribution in [0.4, 0.5) is 0 Å². The Balaban J connectivity index is 2.64. The summed E-state index contributed by atoms with van der Waals surface area (Å²) in [4.78, 5) is 0. The highest BCUT2D eigenvalue weighted by Gasteiger charge is 2.08. The number of hydrogen-bond donors (Lipinski definition) is 1. The molecule has 0 aliphatic rings. The minimum Gasteiger partial charge on any atom is -0.493 e. The van der Waals surface area contributed by atoms with Crippen LogP contribution in [0.5, 0.6) is 5.75 Å². The van der Waals surface area contributed by atoms with Crippen LogP contribution in [0.15, 0.2) is 22.7 Å². The van der Waals surface area contributed by atoms with Crippen molar-refractivity contribution in [2.45, 2.75) is 19.4 Å². The van der Waals surface area contributed by atoms with Crippen molar-refractivity contribution in [3.05, 3.63) is 28.2 Å². The maximum absolute atomic E-state index is 5.91. The summed E-state index contributed by atoms with van der Waals surface area (Å²) in [5.41, 5.74) is 6.96. The maximum Gasteiger partial charge on any atom is 0.124 e. The molecule has 0 saturated carbocycles. The molecule has 0 amide bonds. The van der Waals surface area contributed by atoms with Gasteiger partial charge in [0.2, 0.25) is 0 Å². The first kappa shape index (κ1) is 13.9. The lowest BCUT2D eigenvalue weighted by atomic mass is 10.1. The average Bonchev–Trinajstić information content (AvgIpc) is 2.26. The highest BCUT2D eigenvalue weighted by molar-refractivity contribution is 9.10. The van der Waals surface area contributed by atoms with E-state index in [1.165, 1.54) is 0 Å². The highest BCUT2D eigenvalue weighted by Crippen LogP contribution is 2.27. The van der Waals surface area contributed by atoms with Gasteiger partial charge >= 0.3 is 0 Å². The second-order valence-electron chi connectivity index (χ2n) is 3.67. The van der Waals surface area contributed by atoms with Gasteiger partial charge in [0, 0.05) is 16.1 Å². The van der Waals surface area contributed by atoms with Crippen LogP contribution in [0, 0.1) is 0 Å². The molecule has 0 aliphatic heterocycles. The van der Waals surface area contributed by atoms with E-state index in [-0.39, 0.29) is 6.04 Å². The second-order valence-corrected chi connectivity index (χ2v) is 5.57. The molecule has 2 nitrogen and oxygen atoms in total. The number of nitrogens with two attached hydrogens (primary N) is 1. The van der Waals surface area contributed by atoms with Crippen molar-refractivity contribution in [1.29, 1.82) is 0 Å².